The number of carbonyl (C=O) groups excluding carboxylic acids is 4. The quantitative estimate of drug-likeness (QED) is 0.124. The first-order valence-electron chi connectivity index (χ1n) is 22.1. The minimum Gasteiger partial charge on any atom is -0.494 e. The van der Waals surface area contributed by atoms with Crippen molar-refractivity contribution in [3.63, 3.8) is 0 Å². The predicted octanol–water partition coefficient (Wildman–Crippen LogP) is 5.68. The van der Waals surface area contributed by atoms with Crippen molar-refractivity contribution in [2.75, 3.05) is 20.8 Å². The van der Waals surface area contributed by atoms with Crippen LogP contribution >= 0.6 is 0 Å². The lowest BCUT2D eigenvalue weighted by atomic mass is 9.81. The number of fused-ring (bicyclic) bond motifs is 3. The third kappa shape index (κ3) is 11.5. The van der Waals surface area contributed by atoms with Crippen LogP contribution in [0.25, 0.3) is 0 Å². The van der Waals surface area contributed by atoms with Gasteiger partial charge in [0.05, 0.1) is 24.1 Å². The van der Waals surface area contributed by atoms with E-state index in [1.807, 2.05) is 39.8 Å². The molecule has 1 amide bonds. The molecule has 1 aliphatic carbocycles. The normalized spacial score (nSPS) is 40.2. The van der Waals surface area contributed by atoms with E-state index in [0.717, 1.165) is 17.1 Å². The molecule has 0 spiro atoms. The number of nitrogens with two attached hydrogens (primary N) is 1. The Balaban J connectivity index is 1.78. The summed E-state index contributed by atoms with van der Waals surface area (Å²) < 4.78 is 46.4. The lowest BCUT2D eigenvalue weighted by Gasteiger charge is -2.47. The summed E-state index contributed by atoms with van der Waals surface area (Å²) in [5.74, 6) is -8.23. The molecule has 3 aliphatic heterocycles. The van der Waals surface area contributed by atoms with Gasteiger partial charge in [-0.05, 0) is 115 Å². The molecule has 0 aromatic carbocycles. The van der Waals surface area contributed by atoms with Gasteiger partial charge in [0.1, 0.15) is 36.3 Å². The number of allylic oxidation sites excluding steroid dienone is 5. The number of esters is 1. The van der Waals surface area contributed by atoms with Gasteiger partial charge in [-0.15, -0.1) is 0 Å². The van der Waals surface area contributed by atoms with Gasteiger partial charge >= 0.3 is 5.97 Å². The minimum absolute atomic E-state index is 0.00531. The molecule has 13 nitrogen and oxygen atoms in total. The number of rotatable bonds is 7. The number of hydrogen-bond acceptors (Lipinski definition) is 12. The lowest BCUT2D eigenvalue weighted by molar-refractivity contribution is -0.302. The van der Waals surface area contributed by atoms with Gasteiger partial charge < -0.3 is 44.5 Å². The van der Waals surface area contributed by atoms with Gasteiger partial charge in [-0.25, -0.2) is 9.18 Å². The molecule has 2 saturated heterocycles. The molecule has 15 atom stereocenters. The van der Waals surface area contributed by atoms with E-state index in [9.17, 15) is 29.4 Å². The molecule has 1 saturated carbocycles. The molecular formula is C46H73FN2O11. The van der Waals surface area contributed by atoms with Crippen LogP contribution in [0, 0.1) is 29.6 Å². The summed E-state index contributed by atoms with van der Waals surface area (Å²) >= 11 is 0. The summed E-state index contributed by atoms with van der Waals surface area (Å²) in [7, 11) is 2.89. The van der Waals surface area contributed by atoms with Crippen molar-refractivity contribution in [2.45, 2.75) is 180 Å². The summed E-state index contributed by atoms with van der Waals surface area (Å²) in [5, 5.41) is 23.8. The molecule has 4 aliphatic rings. The van der Waals surface area contributed by atoms with Crippen molar-refractivity contribution < 1.29 is 57.5 Å². The van der Waals surface area contributed by atoms with Gasteiger partial charge in [0.25, 0.3) is 11.7 Å². The van der Waals surface area contributed by atoms with Crippen LogP contribution in [0.15, 0.2) is 35.1 Å². The number of ether oxygens (including phenoxy) is 5. The molecule has 340 valence electrons. The molecule has 3 fully saturated rings. The van der Waals surface area contributed by atoms with E-state index in [0.29, 0.717) is 43.3 Å². The number of aliphatic hydroxyl groups is 2. The van der Waals surface area contributed by atoms with Crippen molar-refractivity contribution >= 4 is 23.4 Å². The molecule has 0 radical (unpaired) electrons. The second kappa shape index (κ2) is 21.9. The monoisotopic (exact) mass is 849 g/mol. The number of hydrogen-bond donors (Lipinski definition) is 3. The first kappa shape index (κ1) is 49.6. The van der Waals surface area contributed by atoms with E-state index in [1.165, 1.54) is 14.2 Å². The zero-order chi connectivity index (χ0) is 44.6. The number of piperidine rings is 1. The molecule has 0 aromatic heterocycles. The smallest absolute Gasteiger partial charge is 0.329 e. The van der Waals surface area contributed by atoms with Gasteiger partial charge in [0, 0.05) is 51.0 Å². The Labute approximate surface area is 356 Å². The number of Topliss-reactive ketones (excluding diaryl/α,β-unsaturated/α-hetero) is 2. The number of halogens is 1. The van der Waals surface area contributed by atoms with E-state index < -0.39 is 89.9 Å². The summed E-state index contributed by atoms with van der Waals surface area (Å²) in [5.41, 5.74) is 7.44. The number of methoxy groups -OCH3 is 2. The van der Waals surface area contributed by atoms with E-state index in [1.54, 1.807) is 33.8 Å². The van der Waals surface area contributed by atoms with Crippen molar-refractivity contribution in [3.8, 4) is 0 Å². The molecule has 2 bridgehead atoms. The van der Waals surface area contributed by atoms with E-state index in [-0.39, 0.29) is 56.1 Å². The van der Waals surface area contributed by atoms with Crippen LogP contribution in [-0.2, 0) is 42.9 Å². The molecule has 0 aromatic rings. The summed E-state index contributed by atoms with van der Waals surface area (Å²) in [6.07, 6.45) is 2.60. The fraction of sp³-hybridized carbons (Fsp3) is 0.783. The van der Waals surface area contributed by atoms with Crippen LogP contribution in [0.4, 0.5) is 4.39 Å². The minimum atomic E-state index is -2.60. The van der Waals surface area contributed by atoms with Crippen LogP contribution in [0.3, 0.4) is 0 Å². The topological polar surface area (TPSA) is 184 Å². The Hall–Kier alpha value is -3.01. The Bertz CT molecular complexity index is 1600. The zero-order valence-corrected chi connectivity index (χ0v) is 37.6. The van der Waals surface area contributed by atoms with E-state index in [2.05, 4.69) is 0 Å². The van der Waals surface area contributed by atoms with Gasteiger partial charge in [0.2, 0.25) is 5.79 Å². The highest BCUT2D eigenvalue weighted by Crippen LogP contribution is 2.39. The number of amides is 1. The zero-order valence-electron chi connectivity index (χ0n) is 37.6. The second-order valence-corrected chi connectivity index (χ2v) is 18.0. The Morgan fingerprint density at radius 2 is 1.68 bits per heavy atom. The fourth-order valence-electron chi connectivity index (χ4n) is 9.52. The SMILES string of the molecule is CC=C(C)OC1CC(C=C(C)C2OC(=O)C3CCCCN3C(=O)C(=O)C3(O)OC(C(OC)CC(C)C(F)C(C)=CC(CC)C(=O)CC(O)C2C)C(OC)CC3C)CCC1N. The van der Waals surface area contributed by atoms with E-state index in [4.69, 9.17) is 29.4 Å². The van der Waals surface area contributed by atoms with Crippen molar-refractivity contribution in [1.29, 1.82) is 0 Å². The van der Waals surface area contributed by atoms with Gasteiger partial charge in [-0.1, -0.05) is 39.8 Å². The molecule has 14 heteroatoms. The maximum atomic E-state index is 16.3. The van der Waals surface area contributed by atoms with Crippen LogP contribution in [0.5, 0.6) is 0 Å². The Morgan fingerprint density at radius 3 is 2.32 bits per heavy atom. The first-order valence-corrected chi connectivity index (χ1v) is 22.1. The van der Waals surface area contributed by atoms with Crippen LogP contribution in [0.1, 0.15) is 120 Å². The third-order valence-corrected chi connectivity index (χ3v) is 13.6. The van der Waals surface area contributed by atoms with E-state index >= 15 is 4.39 Å². The number of nitrogens with zero attached hydrogens (tertiary/aromatic N) is 1. The third-order valence-electron chi connectivity index (χ3n) is 13.6. The molecule has 60 heavy (non-hydrogen) atoms. The largest absolute Gasteiger partial charge is 0.494 e. The highest BCUT2D eigenvalue weighted by atomic mass is 19.1. The van der Waals surface area contributed by atoms with Crippen molar-refractivity contribution in [2.24, 2.45) is 35.3 Å². The summed E-state index contributed by atoms with van der Waals surface area (Å²) in [6.45, 7) is 14.1. The number of cyclic esters (lactones) is 1. The average molecular weight is 849 g/mol. The molecular weight excluding hydrogens is 776 g/mol. The molecule has 4 N–H and O–H groups in total. The van der Waals surface area contributed by atoms with Crippen molar-refractivity contribution in [1.82, 2.24) is 4.90 Å². The second-order valence-electron chi connectivity index (χ2n) is 18.0. The highest BCUT2D eigenvalue weighted by molar-refractivity contribution is 6.39. The first-order chi connectivity index (χ1) is 28.3. The van der Waals surface area contributed by atoms with Crippen LogP contribution < -0.4 is 5.73 Å². The van der Waals surface area contributed by atoms with Gasteiger partial charge in [0.15, 0.2) is 0 Å². The van der Waals surface area contributed by atoms with Crippen LogP contribution in [-0.4, -0.2) is 120 Å². The number of alkyl halides is 1. The summed E-state index contributed by atoms with van der Waals surface area (Å²) in [4.78, 5) is 57.9. The van der Waals surface area contributed by atoms with Crippen molar-refractivity contribution in [3.05, 3.63) is 35.1 Å². The van der Waals surface area contributed by atoms with Gasteiger partial charge in [-0.3, -0.25) is 14.4 Å². The maximum absolute atomic E-state index is 16.3. The standard InChI is InChI=1S/C46H73FN2O11/c1-11-29(7)58-37-23-31(16-17-33(37)48)19-27(5)41-30(8)35(50)24-36(51)32(12-2)20-25(3)40(47)26(4)21-38(56-9)42-39(57-10)22-28(6)46(55,60-42)43(52)44(53)49-18-14-13-15-34(49)45(54)59-41/h11,19-20,26,28,30-35,37-42,50,55H,12-18,21-24,48H2,1-10H3. The Morgan fingerprint density at radius 1 is 1.02 bits per heavy atom. The average Bonchev–Trinajstić information content (AvgIpc) is 3.23. The number of ketones is 2. The fourth-order valence-corrected chi connectivity index (χ4v) is 9.52. The van der Waals surface area contributed by atoms with Gasteiger partial charge in [-0.2, -0.15) is 0 Å². The summed E-state index contributed by atoms with van der Waals surface area (Å²) in [6, 6.07) is -1.33. The van der Waals surface area contributed by atoms with Crippen LogP contribution in [0.2, 0.25) is 0 Å². The molecule has 4 rings (SSSR count). The number of carbonyl (C=O) groups is 4. The highest BCUT2D eigenvalue weighted by Gasteiger charge is 2.57. The number of aliphatic hydroxyl groups excluding tert-OH is 1. The molecule has 3 heterocycles. The Kier molecular flexibility index (Phi) is 18.1. The molecule has 15 unspecified atom stereocenters. The lowest BCUT2D eigenvalue weighted by Crippen LogP contribution is -2.64. The predicted molar refractivity (Wildman–Crippen MR) is 224 cm³/mol. The maximum Gasteiger partial charge on any atom is 0.329 e.